The number of hydrogen-bond acceptors (Lipinski definition) is 5. The first-order valence-electron chi connectivity index (χ1n) is 8.17. The summed E-state index contributed by atoms with van der Waals surface area (Å²) in [7, 11) is 0. The predicted octanol–water partition coefficient (Wildman–Crippen LogP) is 2.69. The van der Waals surface area contributed by atoms with Gasteiger partial charge in [-0.2, -0.15) is 0 Å². The zero-order valence-corrected chi connectivity index (χ0v) is 14.6. The molecule has 4 N–H and O–H groups in total. The first-order chi connectivity index (χ1) is 12.1. The lowest BCUT2D eigenvalue weighted by atomic mass is 9.79. The van der Waals surface area contributed by atoms with Crippen molar-refractivity contribution < 1.29 is 14.3 Å². The molecule has 2 heterocycles. The maximum absolute atomic E-state index is 12.7. The number of amides is 2. The van der Waals surface area contributed by atoms with Crippen LogP contribution in [-0.4, -0.2) is 31.6 Å². The molecule has 2 amide bonds. The summed E-state index contributed by atoms with van der Waals surface area (Å²) >= 11 is 1.38. The van der Waals surface area contributed by atoms with E-state index in [1.165, 1.54) is 11.3 Å². The van der Waals surface area contributed by atoms with Crippen LogP contribution in [0.2, 0.25) is 0 Å². The summed E-state index contributed by atoms with van der Waals surface area (Å²) in [6, 6.07) is 10.7. The van der Waals surface area contributed by atoms with Gasteiger partial charge in [-0.15, -0.1) is 11.3 Å². The van der Waals surface area contributed by atoms with Gasteiger partial charge in [0.25, 0.3) is 5.91 Å². The largest absolute Gasteiger partial charge is 0.381 e. The van der Waals surface area contributed by atoms with Crippen molar-refractivity contribution in [1.29, 1.82) is 0 Å². The molecule has 0 bridgehead atoms. The van der Waals surface area contributed by atoms with Crippen LogP contribution in [0.3, 0.4) is 0 Å². The van der Waals surface area contributed by atoms with Gasteiger partial charge in [-0.05, 0) is 42.5 Å². The van der Waals surface area contributed by atoms with E-state index >= 15 is 0 Å². The highest BCUT2D eigenvalue weighted by Crippen LogP contribution is 2.31. The number of nitrogens with two attached hydrogens (primary N) is 1. The third kappa shape index (κ3) is 4.07. The molecule has 0 unspecified atom stereocenters. The van der Waals surface area contributed by atoms with Crippen molar-refractivity contribution >= 4 is 34.5 Å². The highest BCUT2D eigenvalue weighted by atomic mass is 32.1. The van der Waals surface area contributed by atoms with Crippen LogP contribution in [0.25, 0.3) is 0 Å². The van der Waals surface area contributed by atoms with E-state index in [1.807, 2.05) is 11.4 Å². The molecule has 25 heavy (non-hydrogen) atoms. The van der Waals surface area contributed by atoms with E-state index in [-0.39, 0.29) is 18.4 Å². The highest BCUT2D eigenvalue weighted by Gasteiger charge is 2.38. The predicted molar refractivity (Wildman–Crippen MR) is 98.9 cm³/mol. The standard InChI is InChI=1S/C18H21N3O3S/c19-12-18(6-8-24-9-7-18)17(23)21-14-4-1-3-13(11-14)20-16(22)15-5-2-10-25-15/h1-5,10-11H,6-9,12,19H2,(H,20,22)(H,21,23). The zero-order chi connectivity index (χ0) is 17.7. The molecule has 132 valence electrons. The van der Waals surface area contributed by atoms with E-state index in [4.69, 9.17) is 10.5 Å². The lowest BCUT2D eigenvalue weighted by Crippen LogP contribution is -2.46. The Labute approximate surface area is 150 Å². The molecule has 0 atom stereocenters. The van der Waals surface area contributed by atoms with Gasteiger partial charge in [0.2, 0.25) is 5.91 Å². The Hall–Kier alpha value is -2.22. The SMILES string of the molecule is NCC1(C(=O)Nc2cccc(NC(=O)c3cccs3)c2)CCOCC1. The van der Waals surface area contributed by atoms with Crippen molar-refractivity contribution in [3.63, 3.8) is 0 Å². The first-order valence-corrected chi connectivity index (χ1v) is 9.05. The molecule has 1 saturated heterocycles. The summed E-state index contributed by atoms with van der Waals surface area (Å²) in [5.74, 6) is -0.263. The topological polar surface area (TPSA) is 93.5 Å². The van der Waals surface area contributed by atoms with Crippen LogP contribution >= 0.6 is 11.3 Å². The lowest BCUT2D eigenvalue weighted by molar-refractivity contribution is -0.130. The van der Waals surface area contributed by atoms with Gasteiger partial charge in [-0.25, -0.2) is 0 Å². The summed E-state index contributed by atoms with van der Waals surface area (Å²) < 4.78 is 5.34. The summed E-state index contributed by atoms with van der Waals surface area (Å²) in [5, 5.41) is 7.62. The fourth-order valence-corrected chi connectivity index (χ4v) is 3.44. The molecule has 0 aliphatic carbocycles. The third-order valence-corrected chi connectivity index (χ3v) is 5.31. The van der Waals surface area contributed by atoms with E-state index in [2.05, 4.69) is 10.6 Å². The summed E-state index contributed by atoms with van der Waals surface area (Å²) in [6.45, 7) is 1.38. The van der Waals surface area contributed by atoms with Crippen LogP contribution in [0.15, 0.2) is 41.8 Å². The van der Waals surface area contributed by atoms with Crippen molar-refractivity contribution in [3.05, 3.63) is 46.7 Å². The van der Waals surface area contributed by atoms with E-state index < -0.39 is 5.41 Å². The van der Waals surface area contributed by atoms with Crippen molar-refractivity contribution in [1.82, 2.24) is 0 Å². The molecular weight excluding hydrogens is 338 g/mol. The fraction of sp³-hybridized carbons (Fsp3) is 0.333. The minimum atomic E-state index is -0.589. The normalized spacial score (nSPS) is 16.2. The van der Waals surface area contributed by atoms with Gasteiger partial charge in [0.15, 0.2) is 0 Å². The minimum absolute atomic E-state index is 0.0972. The second-order valence-corrected chi connectivity index (χ2v) is 7.01. The van der Waals surface area contributed by atoms with Gasteiger partial charge in [0, 0.05) is 31.1 Å². The monoisotopic (exact) mass is 359 g/mol. The number of ether oxygens (including phenoxy) is 1. The Morgan fingerprint density at radius 1 is 1.12 bits per heavy atom. The number of carbonyl (C=O) groups excluding carboxylic acids is 2. The third-order valence-electron chi connectivity index (χ3n) is 4.45. The van der Waals surface area contributed by atoms with Crippen LogP contribution in [0, 0.1) is 5.41 Å². The average molecular weight is 359 g/mol. The Morgan fingerprint density at radius 2 is 1.84 bits per heavy atom. The Balaban J connectivity index is 1.69. The van der Waals surface area contributed by atoms with Gasteiger partial charge in [-0.1, -0.05) is 12.1 Å². The molecule has 1 aliphatic heterocycles. The van der Waals surface area contributed by atoms with Gasteiger partial charge in [0.05, 0.1) is 10.3 Å². The molecular formula is C18H21N3O3S. The molecule has 1 aromatic carbocycles. The van der Waals surface area contributed by atoms with Gasteiger partial charge in [0.1, 0.15) is 0 Å². The number of carbonyl (C=O) groups is 2. The van der Waals surface area contributed by atoms with E-state index in [9.17, 15) is 9.59 Å². The Morgan fingerprint density at radius 3 is 2.48 bits per heavy atom. The first kappa shape index (κ1) is 17.6. The molecule has 6 nitrogen and oxygen atoms in total. The molecule has 0 radical (unpaired) electrons. The van der Waals surface area contributed by atoms with Crippen molar-refractivity contribution in [3.8, 4) is 0 Å². The maximum atomic E-state index is 12.7. The summed E-state index contributed by atoms with van der Waals surface area (Å²) in [5.41, 5.74) is 6.54. The molecule has 3 rings (SSSR count). The molecule has 1 aliphatic rings. The van der Waals surface area contributed by atoms with Crippen molar-refractivity contribution in [2.24, 2.45) is 11.1 Å². The number of hydrogen-bond donors (Lipinski definition) is 3. The summed E-state index contributed by atoms with van der Waals surface area (Å²) in [6.07, 6.45) is 1.23. The minimum Gasteiger partial charge on any atom is -0.381 e. The smallest absolute Gasteiger partial charge is 0.265 e. The quantitative estimate of drug-likeness (QED) is 0.765. The second-order valence-electron chi connectivity index (χ2n) is 6.06. The van der Waals surface area contributed by atoms with Crippen LogP contribution < -0.4 is 16.4 Å². The van der Waals surface area contributed by atoms with Crippen LogP contribution in [-0.2, 0) is 9.53 Å². The zero-order valence-electron chi connectivity index (χ0n) is 13.8. The Bertz CT molecular complexity index is 740. The molecule has 0 saturated carbocycles. The van der Waals surface area contributed by atoms with Crippen LogP contribution in [0.4, 0.5) is 11.4 Å². The van der Waals surface area contributed by atoms with E-state index in [0.717, 1.165) is 0 Å². The number of anilines is 2. The van der Waals surface area contributed by atoms with Crippen molar-refractivity contribution in [2.75, 3.05) is 30.4 Å². The number of rotatable bonds is 5. The molecule has 2 aromatic rings. The Kier molecular flexibility index (Phi) is 5.47. The molecule has 0 spiro atoms. The van der Waals surface area contributed by atoms with Crippen LogP contribution in [0.5, 0.6) is 0 Å². The van der Waals surface area contributed by atoms with E-state index in [1.54, 1.807) is 30.3 Å². The highest BCUT2D eigenvalue weighted by molar-refractivity contribution is 7.12. The lowest BCUT2D eigenvalue weighted by Gasteiger charge is -2.34. The van der Waals surface area contributed by atoms with E-state index in [0.29, 0.717) is 42.3 Å². The molecule has 7 heteroatoms. The second kappa shape index (κ2) is 7.77. The average Bonchev–Trinajstić information content (AvgIpc) is 3.17. The van der Waals surface area contributed by atoms with Gasteiger partial charge >= 0.3 is 0 Å². The fourth-order valence-electron chi connectivity index (χ4n) is 2.82. The number of benzene rings is 1. The number of nitrogens with one attached hydrogen (secondary N) is 2. The van der Waals surface area contributed by atoms with Crippen LogP contribution in [0.1, 0.15) is 22.5 Å². The summed E-state index contributed by atoms with van der Waals surface area (Å²) in [4.78, 5) is 25.5. The van der Waals surface area contributed by atoms with Gasteiger partial charge in [-0.3, -0.25) is 9.59 Å². The van der Waals surface area contributed by atoms with Crippen molar-refractivity contribution in [2.45, 2.75) is 12.8 Å². The number of thiophene rings is 1. The molecule has 1 aromatic heterocycles. The van der Waals surface area contributed by atoms with Gasteiger partial charge < -0.3 is 21.1 Å². The maximum Gasteiger partial charge on any atom is 0.265 e. The molecule has 1 fully saturated rings.